The summed E-state index contributed by atoms with van der Waals surface area (Å²) in [6.07, 6.45) is 2.66. The van der Waals surface area contributed by atoms with Crippen LogP contribution in [0.3, 0.4) is 0 Å². The number of aliphatic hydroxyl groups excluding tert-OH is 1. The van der Waals surface area contributed by atoms with Crippen molar-refractivity contribution in [1.82, 2.24) is 0 Å². The molecule has 1 aliphatic heterocycles. The molecule has 0 unspecified atom stereocenters. The van der Waals surface area contributed by atoms with Gasteiger partial charge in [0.05, 0.1) is 7.63 Å². The first-order chi connectivity index (χ1) is 6.70. The van der Waals surface area contributed by atoms with Crippen LogP contribution in [0.5, 0.6) is 0 Å². The summed E-state index contributed by atoms with van der Waals surface area (Å²) in [6.45, 7) is 0. The fourth-order valence-electron chi connectivity index (χ4n) is 1.21. The number of nitrogens with zero attached hydrogens (tertiary/aromatic N) is 1. The van der Waals surface area contributed by atoms with Gasteiger partial charge in [-0.05, 0) is 17.4 Å². The van der Waals surface area contributed by atoms with Gasteiger partial charge in [-0.2, -0.15) is 0 Å². The Balaban J connectivity index is 2.78. The Morgan fingerprint density at radius 2 is 2.38 bits per heavy atom. The average molecular weight is 173 g/mol. The molecule has 0 spiro atoms. The van der Waals surface area contributed by atoms with Crippen LogP contribution in [-0.2, 0) is 0 Å². The molecule has 0 atom stereocenters. The van der Waals surface area contributed by atoms with E-state index in [4.69, 9.17) is 11.9 Å². The van der Waals surface area contributed by atoms with E-state index in [1.54, 1.807) is 24.3 Å². The quantitative estimate of drug-likeness (QED) is 0.577. The molecule has 0 fully saturated rings. The molecule has 1 heterocycles. The third-order valence-corrected chi connectivity index (χ3v) is 1.88. The van der Waals surface area contributed by atoms with E-state index in [0.717, 1.165) is 11.5 Å². The van der Waals surface area contributed by atoms with Gasteiger partial charge in [0.2, 0.25) is 0 Å². The van der Waals surface area contributed by atoms with Gasteiger partial charge in [0.25, 0.3) is 0 Å². The van der Waals surface area contributed by atoms with Gasteiger partial charge in [0.15, 0.2) is 5.84 Å². The Morgan fingerprint density at radius 3 is 3.15 bits per heavy atom. The molecule has 3 nitrogen and oxygen atoms in total. The van der Waals surface area contributed by atoms with E-state index in [9.17, 15) is 0 Å². The molecule has 1 aromatic carbocycles. The number of nitrogens with one attached hydrogen (secondary N) is 1. The lowest BCUT2D eigenvalue weighted by Crippen LogP contribution is -2.21. The van der Waals surface area contributed by atoms with Gasteiger partial charge in [-0.15, -0.1) is 0 Å². The largest absolute Gasteiger partial charge is 0.515 e. The predicted molar refractivity (Wildman–Crippen MR) is 52.6 cm³/mol. The Kier molecular flexibility index (Phi) is 1.45. The van der Waals surface area contributed by atoms with Crippen LogP contribution >= 0.6 is 0 Å². The van der Waals surface area contributed by atoms with Crippen molar-refractivity contribution in [3.8, 4) is 0 Å². The molecule has 13 heavy (non-hydrogen) atoms. The number of amidine groups is 1. The molecule has 0 saturated heterocycles. The molecule has 0 amide bonds. The third kappa shape index (κ3) is 1.24. The lowest BCUT2D eigenvalue weighted by atomic mass is 10.1. The summed E-state index contributed by atoms with van der Waals surface area (Å²) in [6, 6.07) is 5.15. The molecule has 0 radical (unpaired) electrons. The molecule has 64 valence electrons. The second-order valence-electron chi connectivity index (χ2n) is 2.71. The Morgan fingerprint density at radius 1 is 1.54 bits per heavy atom. The fourth-order valence-corrected chi connectivity index (χ4v) is 1.21. The predicted octanol–water partition coefficient (Wildman–Crippen LogP) is 0.173. The second-order valence-corrected chi connectivity index (χ2v) is 2.71. The van der Waals surface area contributed by atoms with Crippen LogP contribution in [0.25, 0.3) is 12.3 Å². The summed E-state index contributed by atoms with van der Waals surface area (Å²) >= 11 is 0. The summed E-state index contributed by atoms with van der Waals surface area (Å²) < 4.78 is 7.33. The second kappa shape index (κ2) is 2.86. The third-order valence-electron chi connectivity index (χ3n) is 1.88. The lowest BCUT2D eigenvalue weighted by molar-refractivity contribution is 0.540. The van der Waals surface area contributed by atoms with E-state index in [0.29, 0.717) is 10.8 Å². The fraction of sp³-hybridized carbons (Fsp3) is 0. The normalized spacial score (nSPS) is 17.2. The average Bonchev–Trinajstić information content (AvgIpc) is 2.17. The molecule has 0 bridgehead atoms. The molecule has 1 aliphatic rings. The van der Waals surface area contributed by atoms with Crippen molar-refractivity contribution < 1.29 is 6.48 Å². The number of aliphatic hydroxyl groups is 1. The lowest BCUT2D eigenvalue weighted by Gasteiger charge is -2.02. The van der Waals surface area contributed by atoms with Crippen LogP contribution in [0.4, 0.5) is 0 Å². The monoisotopic (exact) mass is 173 g/mol. The molecular formula is C10H8N2O. The number of hydrogen-bond acceptors (Lipinski definition) is 2. The standard InChI is InChI=1S/C10H8N2O/c11-10-9-5-7(6-13)1-2-8(9)3-4-12-10/h1-6,11,13H/i4D. The van der Waals surface area contributed by atoms with Gasteiger partial charge in [-0.1, -0.05) is 12.1 Å². The van der Waals surface area contributed by atoms with Crippen LogP contribution < -0.4 is 10.4 Å². The number of fused-ring (bicyclic) bond motifs is 1. The zero-order chi connectivity index (χ0) is 10.1. The minimum atomic E-state index is 0.0659. The van der Waals surface area contributed by atoms with Crippen molar-refractivity contribution in [2.24, 2.45) is 4.99 Å². The Hall–Kier alpha value is -1.90. The highest BCUT2D eigenvalue weighted by atomic mass is 16.2. The first-order valence-corrected chi connectivity index (χ1v) is 3.81. The minimum Gasteiger partial charge on any atom is -0.515 e. The van der Waals surface area contributed by atoms with Gasteiger partial charge in [-0.3, -0.25) is 5.41 Å². The van der Waals surface area contributed by atoms with Crippen molar-refractivity contribution in [2.45, 2.75) is 0 Å². The maximum Gasteiger partial charge on any atom is 0.152 e. The number of aliphatic imine (C=N–C) groups is 1. The van der Waals surface area contributed by atoms with E-state index in [1.165, 1.54) is 0 Å². The van der Waals surface area contributed by atoms with Crippen LogP contribution in [-0.4, -0.2) is 17.1 Å². The van der Waals surface area contributed by atoms with Crippen LogP contribution in [0.15, 0.2) is 23.2 Å². The van der Waals surface area contributed by atoms with Gasteiger partial charge in [0.1, 0.15) is 0 Å². The van der Waals surface area contributed by atoms with Gasteiger partial charge in [-0.25, -0.2) is 4.99 Å². The summed E-state index contributed by atoms with van der Waals surface area (Å²) in [7, 11) is 0. The zero-order valence-electron chi connectivity index (χ0n) is 7.78. The SMILES string of the molecule is [2H]C1=NC(=N)c2cc(=CO)ccc2=C1. The Labute approximate surface area is 76.3 Å². The summed E-state index contributed by atoms with van der Waals surface area (Å²) in [4.78, 5) is 3.71. The maximum atomic E-state index is 8.80. The van der Waals surface area contributed by atoms with Crippen molar-refractivity contribution >= 4 is 24.4 Å². The highest BCUT2D eigenvalue weighted by molar-refractivity contribution is 6.10. The van der Waals surface area contributed by atoms with E-state index in [2.05, 4.69) is 4.99 Å². The number of rotatable bonds is 0. The maximum absolute atomic E-state index is 8.80. The van der Waals surface area contributed by atoms with Gasteiger partial charge < -0.3 is 5.11 Å². The summed E-state index contributed by atoms with van der Waals surface area (Å²) in [5.74, 6) is 0.0659. The molecular weight excluding hydrogens is 164 g/mol. The van der Waals surface area contributed by atoms with E-state index in [-0.39, 0.29) is 12.0 Å². The first kappa shape index (κ1) is 6.60. The number of benzene rings is 1. The highest BCUT2D eigenvalue weighted by Crippen LogP contribution is 1.94. The zero-order valence-corrected chi connectivity index (χ0v) is 6.78. The van der Waals surface area contributed by atoms with Crippen LogP contribution in [0.1, 0.15) is 6.93 Å². The van der Waals surface area contributed by atoms with Crippen LogP contribution in [0, 0.1) is 5.41 Å². The van der Waals surface area contributed by atoms with Gasteiger partial charge >= 0.3 is 0 Å². The molecule has 2 rings (SSSR count). The summed E-state index contributed by atoms with van der Waals surface area (Å²) in [5, 5.41) is 17.8. The minimum absolute atomic E-state index is 0.0659. The van der Waals surface area contributed by atoms with Crippen molar-refractivity contribution in [3.05, 3.63) is 34.2 Å². The van der Waals surface area contributed by atoms with Gasteiger partial charge in [0, 0.05) is 17.0 Å². The Bertz CT molecular complexity index is 546. The first-order valence-electron chi connectivity index (χ1n) is 4.31. The van der Waals surface area contributed by atoms with Crippen molar-refractivity contribution in [2.75, 3.05) is 0 Å². The molecule has 3 heteroatoms. The van der Waals surface area contributed by atoms with E-state index >= 15 is 0 Å². The smallest absolute Gasteiger partial charge is 0.152 e. The molecule has 2 N–H and O–H groups in total. The highest BCUT2D eigenvalue weighted by Gasteiger charge is 2.03. The van der Waals surface area contributed by atoms with E-state index < -0.39 is 0 Å². The number of hydrogen-bond donors (Lipinski definition) is 2. The van der Waals surface area contributed by atoms with Crippen molar-refractivity contribution in [1.29, 1.82) is 5.41 Å². The van der Waals surface area contributed by atoms with Crippen LogP contribution in [0.2, 0.25) is 0 Å². The van der Waals surface area contributed by atoms with E-state index in [1.807, 2.05) is 0 Å². The molecule has 0 aromatic heterocycles. The topological polar surface area (TPSA) is 56.4 Å². The molecule has 0 saturated carbocycles. The molecule has 1 aromatic rings. The van der Waals surface area contributed by atoms with Crippen molar-refractivity contribution in [3.63, 3.8) is 0 Å². The summed E-state index contributed by atoms with van der Waals surface area (Å²) in [5.41, 5.74) is 0.642. The molecule has 0 aliphatic carbocycles.